The van der Waals surface area contributed by atoms with E-state index in [0.29, 0.717) is 5.56 Å². The number of nitrogens with zero attached hydrogens (tertiary/aromatic N) is 2. The fourth-order valence-electron chi connectivity index (χ4n) is 4.29. The lowest BCUT2D eigenvalue weighted by molar-refractivity contribution is -0.124. The van der Waals surface area contributed by atoms with Gasteiger partial charge in [0.2, 0.25) is 0 Å². The molecule has 1 saturated heterocycles. The molecule has 10 heteroatoms. The second-order valence-corrected chi connectivity index (χ2v) is 7.91. The molecule has 4 heterocycles. The van der Waals surface area contributed by atoms with E-state index in [1.165, 1.54) is 18.1 Å². The summed E-state index contributed by atoms with van der Waals surface area (Å²) in [6.07, 6.45) is 3.29. The van der Waals surface area contributed by atoms with Gasteiger partial charge >= 0.3 is 6.03 Å². The molecule has 0 aliphatic carbocycles. The van der Waals surface area contributed by atoms with Crippen LogP contribution in [0, 0.1) is 12.7 Å². The molecule has 3 aliphatic heterocycles. The average molecular weight is 438 g/mol. The Balaban J connectivity index is 1.53. The molecule has 0 spiro atoms. The van der Waals surface area contributed by atoms with Crippen molar-refractivity contribution in [2.45, 2.75) is 25.6 Å². The third-order valence-electron chi connectivity index (χ3n) is 5.90. The molecular formula is C22H19FN4O5. The summed E-state index contributed by atoms with van der Waals surface area (Å²) in [6.45, 7) is 1.87. The van der Waals surface area contributed by atoms with Gasteiger partial charge in [-0.1, -0.05) is 6.07 Å². The van der Waals surface area contributed by atoms with Crippen molar-refractivity contribution in [2.24, 2.45) is 0 Å². The van der Waals surface area contributed by atoms with Gasteiger partial charge < -0.3 is 19.7 Å². The second-order valence-electron chi connectivity index (χ2n) is 7.91. The molecule has 164 valence electrons. The van der Waals surface area contributed by atoms with Crippen LogP contribution in [0.1, 0.15) is 32.7 Å². The fourth-order valence-corrected chi connectivity index (χ4v) is 4.29. The summed E-state index contributed by atoms with van der Waals surface area (Å²) in [6, 6.07) is 4.22. The molecule has 2 N–H and O–H groups in total. The first-order valence-electron chi connectivity index (χ1n) is 9.91. The number of ether oxygens (including phenoxy) is 2. The smallest absolute Gasteiger partial charge is 0.322 e. The first-order chi connectivity index (χ1) is 15.3. The van der Waals surface area contributed by atoms with Crippen LogP contribution in [0.2, 0.25) is 0 Å². The lowest BCUT2D eigenvalue weighted by Gasteiger charge is -2.34. The first-order valence-corrected chi connectivity index (χ1v) is 9.91. The van der Waals surface area contributed by atoms with Gasteiger partial charge in [-0.05, 0) is 36.3 Å². The van der Waals surface area contributed by atoms with Crippen LogP contribution < -0.4 is 15.4 Å². The van der Waals surface area contributed by atoms with Crippen molar-refractivity contribution in [3.63, 3.8) is 0 Å². The highest BCUT2D eigenvalue weighted by atomic mass is 19.1. The molecule has 0 bridgehead atoms. The molecule has 0 unspecified atom stereocenters. The van der Waals surface area contributed by atoms with Crippen LogP contribution in [0.3, 0.4) is 0 Å². The maximum absolute atomic E-state index is 14.7. The fraction of sp³-hybridized carbons (Fsp3) is 0.273. The number of fused-ring (bicyclic) bond motifs is 2. The summed E-state index contributed by atoms with van der Waals surface area (Å²) in [7, 11) is 1.32. The number of nitrogens with one attached hydrogen (secondary N) is 2. The van der Waals surface area contributed by atoms with Crippen LogP contribution in [-0.2, 0) is 22.7 Å². The van der Waals surface area contributed by atoms with Crippen molar-refractivity contribution in [2.75, 3.05) is 13.7 Å². The number of carbonyl (C=O) groups is 3. The molecule has 0 radical (unpaired) electrons. The predicted octanol–water partition coefficient (Wildman–Crippen LogP) is 1.64. The third-order valence-corrected chi connectivity index (χ3v) is 5.90. The highest BCUT2D eigenvalue weighted by molar-refractivity contribution is 6.10. The van der Waals surface area contributed by atoms with Gasteiger partial charge in [-0.3, -0.25) is 19.9 Å². The average Bonchev–Trinajstić information content (AvgIpc) is 3.24. The number of carbonyl (C=O) groups excluding carboxylic acids is 3. The molecule has 5 rings (SSSR count). The van der Waals surface area contributed by atoms with Crippen LogP contribution in [0.15, 0.2) is 30.2 Å². The molecule has 3 aliphatic rings. The van der Waals surface area contributed by atoms with Gasteiger partial charge in [-0.25, -0.2) is 9.18 Å². The zero-order chi connectivity index (χ0) is 22.6. The number of halogens is 1. The zero-order valence-corrected chi connectivity index (χ0v) is 17.3. The first kappa shape index (κ1) is 20.0. The Hall–Kier alpha value is -3.95. The van der Waals surface area contributed by atoms with Crippen molar-refractivity contribution < 1.29 is 28.2 Å². The number of aromatic nitrogens is 1. The number of urea groups is 1. The number of imide groups is 1. The number of amides is 4. The molecule has 1 fully saturated rings. The topological polar surface area (TPSA) is 110 Å². The SMILES string of the molecule is COc1ccc2c(c1F)C(=O)N(C[C@@]1(C3=Cc4cnc(C)cc4CO3)NC(=O)NC1=O)C2. The van der Waals surface area contributed by atoms with E-state index in [0.717, 1.165) is 16.8 Å². The third kappa shape index (κ3) is 2.90. The molecule has 32 heavy (non-hydrogen) atoms. The number of hydrogen-bond donors (Lipinski definition) is 2. The minimum atomic E-state index is -1.65. The summed E-state index contributed by atoms with van der Waals surface area (Å²) in [5.74, 6) is -1.87. The van der Waals surface area contributed by atoms with E-state index in [9.17, 15) is 18.8 Å². The maximum atomic E-state index is 14.7. The van der Waals surface area contributed by atoms with Crippen LogP contribution in [0.5, 0.6) is 5.75 Å². The molecule has 1 aromatic carbocycles. The number of pyridine rings is 1. The number of benzene rings is 1. The number of hydrogen-bond acceptors (Lipinski definition) is 6. The summed E-state index contributed by atoms with van der Waals surface area (Å²) in [5.41, 5.74) is 1.17. The summed E-state index contributed by atoms with van der Waals surface area (Å²) in [5, 5.41) is 4.84. The van der Waals surface area contributed by atoms with Crippen LogP contribution in [0.4, 0.5) is 9.18 Å². The van der Waals surface area contributed by atoms with Gasteiger partial charge in [0, 0.05) is 24.0 Å². The molecule has 1 atom stereocenters. The Morgan fingerprint density at radius 2 is 2.09 bits per heavy atom. The summed E-state index contributed by atoms with van der Waals surface area (Å²) < 4.78 is 25.6. The second kappa shape index (κ2) is 7.04. The van der Waals surface area contributed by atoms with Crippen LogP contribution in [-0.4, -0.2) is 46.9 Å². The Morgan fingerprint density at radius 3 is 2.81 bits per heavy atom. The van der Waals surface area contributed by atoms with Crippen LogP contribution in [0.25, 0.3) is 6.08 Å². The largest absolute Gasteiger partial charge is 0.494 e. The Morgan fingerprint density at radius 1 is 1.28 bits per heavy atom. The van der Waals surface area contributed by atoms with E-state index in [1.807, 2.05) is 13.0 Å². The van der Waals surface area contributed by atoms with Gasteiger partial charge in [-0.15, -0.1) is 0 Å². The number of aryl methyl sites for hydroxylation is 1. The zero-order valence-electron chi connectivity index (χ0n) is 17.3. The Bertz CT molecular complexity index is 1230. The number of methoxy groups -OCH3 is 1. The lowest BCUT2D eigenvalue weighted by atomic mass is 9.92. The minimum Gasteiger partial charge on any atom is -0.494 e. The van der Waals surface area contributed by atoms with E-state index in [4.69, 9.17) is 9.47 Å². The monoisotopic (exact) mass is 438 g/mol. The molecule has 1 aromatic heterocycles. The number of rotatable bonds is 4. The molecule has 2 aromatic rings. The molecular weight excluding hydrogens is 419 g/mol. The van der Waals surface area contributed by atoms with Gasteiger partial charge in [0.25, 0.3) is 11.8 Å². The van der Waals surface area contributed by atoms with Crippen molar-refractivity contribution in [1.82, 2.24) is 20.5 Å². The highest BCUT2D eigenvalue weighted by Crippen LogP contribution is 2.35. The highest BCUT2D eigenvalue weighted by Gasteiger charge is 2.54. The molecule has 9 nitrogen and oxygen atoms in total. The predicted molar refractivity (Wildman–Crippen MR) is 109 cm³/mol. The van der Waals surface area contributed by atoms with Gasteiger partial charge in [-0.2, -0.15) is 0 Å². The summed E-state index contributed by atoms with van der Waals surface area (Å²) >= 11 is 0. The standard InChI is InChI=1S/C22H19FN4O5/c1-11-5-14-9-32-16(6-13(14)7-24-11)22(20(29)25-21(30)26-22)10-27-8-12-3-4-15(31-2)18(23)17(12)19(27)28/h3-7H,8-10H2,1-2H3,(H2,25,26,29,30)/t22-/m0/s1. The van der Waals surface area contributed by atoms with E-state index in [2.05, 4.69) is 15.6 Å². The van der Waals surface area contributed by atoms with Crippen molar-refractivity contribution >= 4 is 23.9 Å². The van der Waals surface area contributed by atoms with Crippen molar-refractivity contribution in [3.05, 3.63) is 63.9 Å². The molecule has 0 saturated carbocycles. The molecule has 4 amide bonds. The Kier molecular flexibility index (Phi) is 4.40. The van der Waals surface area contributed by atoms with Gasteiger partial charge in [0.05, 0.1) is 19.2 Å². The van der Waals surface area contributed by atoms with E-state index < -0.39 is 29.2 Å². The Labute approximate surface area is 182 Å². The van der Waals surface area contributed by atoms with Crippen molar-refractivity contribution in [3.8, 4) is 5.75 Å². The van der Waals surface area contributed by atoms with Crippen molar-refractivity contribution in [1.29, 1.82) is 0 Å². The summed E-state index contributed by atoms with van der Waals surface area (Å²) in [4.78, 5) is 43.7. The maximum Gasteiger partial charge on any atom is 0.322 e. The quantitative estimate of drug-likeness (QED) is 0.703. The van der Waals surface area contributed by atoms with E-state index in [1.54, 1.807) is 18.3 Å². The minimum absolute atomic E-state index is 0.0432. The van der Waals surface area contributed by atoms with Gasteiger partial charge in [0.1, 0.15) is 12.4 Å². The van der Waals surface area contributed by atoms with E-state index >= 15 is 0 Å². The van der Waals surface area contributed by atoms with E-state index in [-0.39, 0.29) is 36.8 Å². The van der Waals surface area contributed by atoms with Gasteiger partial charge in [0.15, 0.2) is 17.1 Å². The normalized spacial score (nSPS) is 21.4. The lowest BCUT2D eigenvalue weighted by Crippen LogP contribution is -2.57. The van der Waals surface area contributed by atoms with Crippen LogP contribution >= 0.6 is 0 Å².